The van der Waals surface area contributed by atoms with Crippen molar-refractivity contribution in [3.63, 3.8) is 0 Å². The van der Waals surface area contributed by atoms with Crippen molar-refractivity contribution in [2.75, 3.05) is 6.61 Å². The van der Waals surface area contributed by atoms with Crippen molar-refractivity contribution in [3.8, 4) is 0 Å². The van der Waals surface area contributed by atoms with Crippen LogP contribution in [0.5, 0.6) is 0 Å². The number of unbranched alkanes of at least 4 members (excludes halogenated alkanes) is 5. The molecular weight excluding hydrogens is 328 g/mol. The molecule has 0 unspecified atom stereocenters. The summed E-state index contributed by atoms with van der Waals surface area (Å²) >= 11 is 0. The fourth-order valence-electron chi connectivity index (χ4n) is 1.07. The third kappa shape index (κ3) is 16.1. The molecule has 0 bridgehead atoms. The Balaban J connectivity index is -0.000000240. The Morgan fingerprint density at radius 1 is 1.14 bits per heavy atom. The number of hydrogen-bond donors (Lipinski definition) is 2. The summed E-state index contributed by atoms with van der Waals surface area (Å²) in [4.78, 5) is 16.7. The van der Waals surface area contributed by atoms with Gasteiger partial charge in [0.2, 0.25) is 0 Å². The van der Waals surface area contributed by atoms with Gasteiger partial charge in [0.25, 0.3) is 0 Å². The average Bonchev–Trinajstić information content (AvgIpc) is 2.01. The molecule has 0 spiro atoms. The van der Waals surface area contributed by atoms with E-state index in [1.807, 2.05) is 0 Å². The first-order chi connectivity index (χ1) is 6.06. The molecule has 0 fully saturated rings. The third-order valence-electron chi connectivity index (χ3n) is 1.76. The zero-order valence-electron chi connectivity index (χ0n) is 10.8. The van der Waals surface area contributed by atoms with Crippen LogP contribution in [-0.2, 0) is 9.09 Å². The molecule has 0 amide bonds. The Bertz CT molecular complexity index is 168. The van der Waals surface area contributed by atoms with Gasteiger partial charge in [0.15, 0.2) is 0 Å². The maximum Gasteiger partial charge on any atom is 2.00 e. The van der Waals surface area contributed by atoms with Crippen molar-refractivity contribution in [2.45, 2.75) is 45.4 Å². The van der Waals surface area contributed by atoms with E-state index in [9.17, 15) is 4.57 Å². The van der Waals surface area contributed by atoms with Crippen LogP contribution in [0.15, 0.2) is 0 Å². The van der Waals surface area contributed by atoms with Crippen LogP contribution in [0.1, 0.15) is 48.3 Å². The second-order valence-electron chi connectivity index (χ2n) is 3.09. The van der Waals surface area contributed by atoms with E-state index >= 15 is 0 Å². The maximum atomic E-state index is 10.2. The fraction of sp³-hybridized carbons (Fsp3) is 1.00. The Morgan fingerprint density at radius 2 is 1.64 bits per heavy atom. The second-order valence-corrected chi connectivity index (χ2v) is 4.33. The summed E-state index contributed by atoms with van der Waals surface area (Å²) in [5.74, 6) is 0. The van der Waals surface area contributed by atoms with Gasteiger partial charge in [0.1, 0.15) is 0 Å². The predicted octanol–water partition coefficient (Wildman–Crippen LogP) is 2.30. The van der Waals surface area contributed by atoms with E-state index in [-0.39, 0.29) is 58.3 Å². The van der Waals surface area contributed by atoms with Crippen LogP contribution in [0.4, 0.5) is 0 Å². The van der Waals surface area contributed by atoms with E-state index in [2.05, 4.69) is 11.4 Å². The molecule has 84 valence electrons. The van der Waals surface area contributed by atoms with Gasteiger partial charge in [-0.15, -0.1) is 0 Å². The summed E-state index contributed by atoms with van der Waals surface area (Å²) in [6.45, 7) is 2.31. The van der Waals surface area contributed by atoms with Crippen molar-refractivity contribution in [2.24, 2.45) is 0 Å². The first-order valence-electron chi connectivity index (χ1n) is 4.76. The number of hydrogen-bond acceptors (Lipinski definition) is 2. The molecule has 0 heterocycles. The molecule has 0 atom stereocenters. The molecule has 4 nitrogen and oxygen atoms in total. The molecule has 0 rings (SSSR count). The van der Waals surface area contributed by atoms with E-state index in [0.29, 0.717) is 0 Å². The van der Waals surface area contributed by atoms with Crippen LogP contribution < -0.4 is 0 Å². The molecule has 0 aromatic rings. The first-order valence-corrected chi connectivity index (χ1v) is 6.29. The minimum atomic E-state index is -4.23. The monoisotopic (exact) mass is 350 g/mol. The van der Waals surface area contributed by atoms with Gasteiger partial charge in [-0.25, -0.2) is 4.57 Å². The van der Waals surface area contributed by atoms with Gasteiger partial charge in [-0.2, -0.15) is 0 Å². The second kappa shape index (κ2) is 11.2. The summed E-state index contributed by atoms with van der Waals surface area (Å²) in [5, 5.41) is 0. The van der Waals surface area contributed by atoms with Crippen LogP contribution in [-0.4, -0.2) is 65.3 Å². The summed E-state index contributed by atoms with van der Waals surface area (Å²) in [6.07, 6.45) is 6.48. The zero-order valence-corrected chi connectivity index (χ0v) is 14.2. The Hall–Kier alpha value is 1.68. The molecule has 6 heteroatoms. The Labute approximate surface area is 129 Å². The molecule has 14 heavy (non-hydrogen) atoms. The van der Waals surface area contributed by atoms with Gasteiger partial charge in [0, 0.05) is 0 Å². The molecule has 0 saturated heterocycles. The van der Waals surface area contributed by atoms with Gasteiger partial charge < -0.3 is 12.6 Å². The molecule has 0 aliphatic rings. The van der Waals surface area contributed by atoms with Gasteiger partial charge in [-0.1, -0.05) is 39.0 Å². The predicted molar refractivity (Wildman–Crippen MR) is 59.4 cm³/mol. The average molecular weight is 350 g/mol. The summed E-state index contributed by atoms with van der Waals surface area (Å²) < 4.78 is 14.5. The first kappa shape index (κ1) is 18.1. The van der Waals surface area contributed by atoms with Gasteiger partial charge in [-0.05, 0) is 6.42 Å². The molecule has 2 N–H and O–H groups in total. The van der Waals surface area contributed by atoms with E-state index in [1.54, 1.807) is 0 Å². The largest absolute Gasteiger partial charge is 2.00 e. The summed E-state index contributed by atoms with van der Waals surface area (Å²) in [5.41, 5.74) is 0. The molecular formula is C8H21BaO4P. The fourth-order valence-corrected chi connectivity index (χ4v) is 1.43. The van der Waals surface area contributed by atoms with Gasteiger partial charge >= 0.3 is 56.7 Å². The minimum Gasteiger partial charge on any atom is -1.00 e. The van der Waals surface area contributed by atoms with Crippen molar-refractivity contribution in [1.82, 2.24) is 0 Å². The van der Waals surface area contributed by atoms with Crippen molar-refractivity contribution in [3.05, 3.63) is 0 Å². The number of phosphoric acid groups is 1. The van der Waals surface area contributed by atoms with Crippen LogP contribution in [0, 0.1) is 0 Å². The van der Waals surface area contributed by atoms with Crippen molar-refractivity contribution >= 4 is 56.7 Å². The Morgan fingerprint density at radius 3 is 2.14 bits per heavy atom. The zero-order chi connectivity index (χ0) is 10.2. The van der Waals surface area contributed by atoms with Gasteiger partial charge in [0.05, 0.1) is 6.61 Å². The topological polar surface area (TPSA) is 66.8 Å². The van der Waals surface area contributed by atoms with E-state index in [1.165, 1.54) is 19.3 Å². The van der Waals surface area contributed by atoms with Crippen molar-refractivity contribution < 1.29 is 21.7 Å². The van der Waals surface area contributed by atoms with Crippen LogP contribution in [0.25, 0.3) is 0 Å². The molecule has 0 saturated carbocycles. The molecule has 0 aromatic carbocycles. The quantitative estimate of drug-likeness (QED) is 0.401. The maximum absolute atomic E-state index is 10.2. The third-order valence-corrected chi connectivity index (χ3v) is 2.28. The van der Waals surface area contributed by atoms with Gasteiger partial charge in [-0.3, -0.25) is 4.52 Å². The Kier molecular flexibility index (Phi) is 14.4. The van der Waals surface area contributed by atoms with E-state index < -0.39 is 7.82 Å². The molecule has 0 radical (unpaired) electrons. The van der Waals surface area contributed by atoms with Crippen molar-refractivity contribution in [1.29, 1.82) is 0 Å². The van der Waals surface area contributed by atoms with E-state index in [0.717, 1.165) is 19.3 Å². The molecule has 0 aromatic heterocycles. The molecule has 0 aliphatic carbocycles. The van der Waals surface area contributed by atoms with Crippen LogP contribution in [0.3, 0.4) is 0 Å². The summed E-state index contributed by atoms with van der Waals surface area (Å²) in [7, 11) is -4.23. The smallest absolute Gasteiger partial charge is 1.00 e. The summed E-state index contributed by atoms with van der Waals surface area (Å²) in [6, 6.07) is 0. The SMILES string of the molecule is CCCCCCCCOP(=O)(O)O.[Ba+2].[H-].[H-]. The minimum absolute atomic E-state index is 0. The standard InChI is InChI=1S/C8H19O4P.Ba.2H/c1-2-3-4-5-6-7-8-12-13(9,10)11;;;/h2-8H2,1H3,(H2,9,10,11);;;/q;+2;2*-1. The number of rotatable bonds is 8. The van der Waals surface area contributed by atoms with E-state index in [4.69, 9.17) is 9.79 Å². The number of phosphoric ester groups is 1. The normalized spacial score (nSPS) is 11.1. The van der Waals surface area contributed by atoms with Crippen LogP contribution >= 0.6 is 7.82 Å². The molecule has 0 aliphatic heterocycles. The van der Waals surface area contributed by atoms with Crippen LogP contribution in [0.2, 0.25) is 0 Å².